The van der Waals surface area contributed by atoms with Crippen molar-refractivity contribution in [3.8, 4) is 0 Å². The Bertz CT molecular complexity index is 627. The van der Waals surface area contributed by atoms with Gasteiger partial charge in [-0.25, -0.2) is 9.97 Å². The predicted octanol–water partition coefficient (Wildman–Crippen LogP) is 2.46. The van der Waals surface area contributed by atoms with Gasteiger partial charge in [0.15, 0.2) is 0 Å². The number of aryl methyl sites for hydroxylation is 1. The van der Waals surface area contributed by atoms with Crippen LogP contribution >= 0.6 is 0 Å². The summed E-state index contributed by atoms with van der Waals surface area (Å²) in [5, 5.41) is 0. The van der Waals surface area contributed by atoms with Crippen molar-refractivity contribution in [2.45, 2.75) is 58.4 Å². The monoisotopic (exact) mass is 314 g/mol. The Morgan fingerprint density at radius 3 is 2.78 bits per heavy atom. The third-order valence-electron chi connectivity index (χ3n) is 5.95. The van der Waals surface area contributed by atoms with Gasteiger partial charge in [-0.1, -0.05) is 0 Å². The number of amides is 1. The first-order valence-electron chi connectivity index (χ1n) is 8.91. The Kier molecular flexibility index (Phi) is 3.54. The van der Waals surface area contributed by atoms with Gasteiger partial charge in [-0.15, -0.1) is 0 Å². The zero-order valence-electron chi connectivity index (χ0n) is 14.2. The van der Waals surface area contributed by atoms with Crippen LogP contribution in [-0.4, -0.2) is 46.5 Å². The van der Waals surface area contributed by atoms with Gasteiger partial charge in [-0.3, -0.25) is 4.79 Å². The first-order chi connectivity index (χ1) is 11.1. The van der Waals surface area contributed by atoms with Crippen LogP contribution in [-0.2, 0) is 4.79 Å². The molecular weight excluding hydrogens is 288 g/mol. The highest BCUT2D eigenvalue weighted by Gasteiger charge is 2.45. The first kappa shape index (κ1) is 14.9. The molecule has 5 nitrogen and oxygen atoms in total. The van der Waals surface area contributed by atoms with Crippen molar-refractivity contribution >= 4 is 11.7 Å². The average Bonchev–Trinajstić information content (AvgIpc) is 3.38. The maximum absolute atomic E-state index is 12.2. The molecule has 0 unspecified atom stereocenters. The summed E-state index contributed by atoms with van der Waals surface area (Å²) < 4.78 is 0. The number of hydrogen-bond acceptors (Lipinski definition) is 4. The summed E-state index contributed by atoms with van der Waals surface area (Å²) in [6.45, 7) is 7.22. The number of rotatable bonds is 2. The number of carbonyl (C=O) groups is 1. The molecule has 3 heterocycles. The van der Waals surface area contributed by atoms with Gasteiger partial charge in [0.1, 0.15) is 12.1 Å². The van der Waals surface area contributed by atoms with E-state index in [2.05, 4.69) is 26.7 Å². The van der Waals surface area contributed by atoms with Crippen LogP contribution in [0.25, 0.3) is 0 Å². The largest absolute Gasteiger partial charge is 0.356 e. The second kappa shape index (κ2) is 5.46. The molecule has 3 aliphatic rings. The van der Waals surface area contributed by atoms with Crippen LogP contribution in [0.15, 0.2) is 6.33 Å². The van der Waals surface area contributed by atoms with Crippen molar-refractivity contribution < 1.29 is 4.79 Å². The third-order valence-corrected chi connectivity index (χ3v) is 5.95. The Morgan fingerprint density at radius 1 is 1.17 bits per heavy atom. The third kappa shape index (κ3) is 2.70. The number of piperidine rings is 2. The summed E-state index contributed by atoms with van der Waals surface area (Å²) >= 11 is 0. The molecule has 23 heavy (non-hydrogen) atoms. The fourth-order valence-corrected chi connectivity index (χ4v) is 4.33. The van der Waals surface area contributed by atoms with Gasteiger partial charge < -0.3 is 9.80 Å². The summed E-state index contributed by atoms with van der Waals surface area (Å²) in [5.41, 5.74) is 2.52. The highest BCUT2D eigenvalue weighted by atomic mass is 16.2. The van der Waals surface area contributed by atoms with Gasteiger partial charge in [-0.05, 0) is 46.0 Å². The van der Waals surface area contributed by atoms with Gasteiger partial charge in [-0.2, -0.15) is 0 Å². The topological polar surface area (TPSA) is 49.3 Å². The molecule has 5 heteroatoms. The number of aromatic nitrogens is 2. The lowest BCUT2D eigenvalue weighted by Gasteiger charge is -2.49. The molecule has 2 saturated heterocycles. The van der Waals surface area contributed by atoms with Gasteiger partial charge in [0.05, 0.1) is 0 Å². The number of likely N-dealkylation sites (tertiary alicyclic amines) is 1. The molecule has 4 rings (SSSR count). The summed E-state index contributed by atoms with van der Waals surface area (Å²) in [6.07, 6.45) is 8.28. The maximum Gasteiger partial charge on any atom is 0.222 e. The van der Waals surface area contributed by atoms with E-state index in [4.69, 9.17) is 0 Å². The molecule has 1 aromatic rings. The van der Waals surface area contributed by atoms with Crippen LogP contribution in [0.1, 0.15) is 49.8 Å². The molecule has 0 aromatic carbocycles. The molecular formula is C18H26N4O. The average molecular weight is 314 g/mol. The zero-order valence-corrected chi connectivity index (χ0v) is 14.2. The first-order valence-corrected chi connectivity index (χ1v) is 8.91. The van der Waals surface area contributed by atoms with Crippen LogP contribution in [0.3, 0.4) is 0 Å². The Morgan fingerprint density at radius 2 is 2.00 bits per heavy atom. The Hall–Kier alpha value is -1.65. The van der Waals surface area contributed by atoms with E-state index in [9.17, 15) is 4.79 Å². The molecule has 0 N–H and O–H groups in total. The van der Waals surface area contributed by atoms with Gasteiger partial charge >= 0.3 is 0 Å². The van der Waals surface area contributed by atoms with Crippen LogP contribution in [0, 0.1) is 19.3 Å². The van der Waals surface area contributed by atoms with Gasteiger partial charge in [0, 0.05) is 48.8 Å². The second-order valence-corrected chi connectivity index (χ2v) is 7.69. The zero-order chi connectivity index (χ0) is 16.0. The fraction of sp³-hybridized carbons (Fsp3) is 0.722. The maximum atomic E-state index is 12.2. The lowest BCUT2D eigenvalue weighted by Crippen LogP contribution is -2.54. The number of nitrogens with zero attached hydrogens (tertiary/aromatic N) is 4. The number of hydrogen-bond donors (Lipinski definition) is 0. The second-order valence-electron chi connectivity index (χ2n) is 7.69. The van der Waals surface area contributed by atoms with Crippen molar-refractivity contribution in [3.63, 3.8) is 0 Å². The van der Waals surface area contributed by atoms with E-state index in [1.54, 1.807) is 6.33 Å². The van der Waals surface area contributed by atoms with E-state index in [-0.39, 0.29) is 5.41 Å². The van der Waals surface area contributed by atoms with Crippen LogP contribution in [0.5, 0.6) is 0 Å². The molecule has 2 aliphatic heterocycles. The molecule has 3 fully saturated rings. The van der Waals surface area contributed by atoms with Crippen molar-refractivity contribution in [2.75, 3.05) is 24.5 Å². The molecule has 124 valence electrons. The van der Waals surface area contributed by atoms with Crippen molar-refractivity contribution in [3.05, 3.63) is 17.6 Å². The Labute approximate surface area is 138 Å². The minimum atomic E-state index is 0.264. The minimum Gasteiger partial charge on any atom is -0.356 e. The Balaban J connectivity index is 1.56. The smallest absolute Gasteiger partial charge is 0.222 e. The molecule has 0 radical (unpaired) electrons. The molecule has 1 aliphatic carbocycles. The summed E-state index contributed by atoms with van der Waals surface area (Å²) in [5.74, 6) is 1.47. The van der Waals surface area contributed by atoms with E-state index in [1.807, 2.05) is 6.92 Å². The number of carbonyl (C=O) groups excluding carboxylic acids is 1. The van der Waals surface area contributed by atoms with Crippen LogP contribution < -0.4 is 4.90 Å². The molecule has 0 bridgehead atoms. The van der Waals surface area contributed by atoms with E-state index in [0.717, 1.165) is 44.0 Å². The minimum absolute atomic E-state index is 0.264. The van der Waals surface area contributed by atoms with Gasteiger partial charge in [0.2, 0.25) is 5.91 Å². The summed E-state index contributed by atoms with van der Waals surface area (Å²) in [4.78, 5) is 25.7. The van der Waals surface area contributed by atoms with Crippen molar-refractivity contribution in [2.24, 2.45) is 5.41 Å². The highest BCUT2D eigenvalue weighted by molar-refractivity contribution is 5.78. The standard InChI is InChI=1S/C18H26N4O/c1-13-14(2)19-12-20-17(13)21-9-3-7-18(10-21)8-6-16(23)22(11-18)15-4-5-15/h12,15H,3-11H2,1-2H3/t18-/m0/s1. The normalized spacial score (nSPS) is 28.5. The molecule has 1 saturated carbocycles. The van der Waals surface area contributed by atoms with Crippen LogP contribution in [0.4, 0.5) is 5.82 Å². The lowest BCUT2D eigenvalue weighted by atomic mass is 9.73. The molecule has 1 atom stereocenters. The van der Waals surface area contributed by atoms with Gasteiger partial charge in [0.25, 0.3) is 0 Å². The predicted molar refractivity (Wildman–Crippen MR) is 89.4 cm³/mol. The van der Waals surface area contributed by atoms with Crippen molar-refractivity contribution in [1.29, 1.82) is 0 Å². The quantitative estimate of drug-likeness (QED) is 0.841. The van der Waals surface area contributed by atoms with Crippen LogP contribution in [0.2, 0.25) is 0 Å². The molecule has 1 amide bonds. The van der Waals surface area contributed by atoms with E-state index in [1.165, 1.54) is 31.2 Å². The van der Waals surface area contributed by atoms with Crippen molar-refractivity contribution in [1.82, 2.24) is 14.9 Å². The molecule has 1 spiro atoms. The lowest BCUT2D eigenvalue weighted by molar-refractivity contribution is -0.138. The fourth-order valence-electron chi connectivity index (χ4n) is 4.33. The highest BCUT2D eigenvalue weighted by Crippen LogP contribution is 2.43. The number of anilines is 1. The SMILES string of the molecule is Cc1ncnc(N2CCC[C@]3(CCC(=O)N(C4CC4)C3)C2)c1C. The molecule has 1 aromatic heterocycles. The van der Waals surface area contributed by atoms with E-state index >= 15 is 0 Å². The van der Waals surface area contributed by atoms with E-state index < -0.39 is 0 Å². The summed E-state index contributed by atoms with van der Waals surface area (Å²) in [6, 6.07) is 0.540. The summed E-state index contributed by atoms with van der Waals surface area (Å²) in [7, 11) is 0. The van der Waals surface area contributed by atoms with E-state index in [0.29, 0.717) is 11.9 Å².